The first-order valence-corrected chi connectivity index (χ1v) is 10.6. The maximum absolute atomic E-state index is 13.2. The Hall–Kier alpha value is -3.19. The van der Waals surface area contributed by atoms with Crippen molar-refractivity contribution in [2.24, 2.45) is 0 Å². The number of nitrogens with zero attached hydrogens (tertiary/aromatic N) is 3. The minimum Gasteiger partial charge on any atom is -0.482 e. The standard InChI is InChI=1S/C24H27N3O4/c1-17(27-21-14-20(18(2)28)8-9-22(21)31-16-23(27)29)24(30)26-12-10-25(11-13-26)15-19-6-4-3-5-7-19/h3-9,14,17H,10-13,15-16H2,1-2H3. The van der Waals surface area contributed by atoms with Crippen LogP contribution in [0.5, 0.6) is 5.75 Å². The summed E-state index contributed by atoms with van der Waals surface area (Å²) in [5.74, 6) is 0.0387. The Balaban J connectivity index is 1.44. The molecule has 0 aromatic heterocycles. The highest BCUT2D eigenvalue weighted by Crippen LogP contribution is 2.35. The molecule has 2 amide bonds. The van der Waals surface area contributed by atoms with Gasteiger partial charge in [-0.2, -0.15) is 0 Å². The van der Waals surface area contributed by atoms with E-state index in [1.807, 2.05) is 23.1 Å². The van der Waals surface area contributed by atoms with Gasteiger partial charge < -0.3 is 9.64 Å². The maximum Gasteiger partial charge on any atom is 0.265 e. The Kier molecular flexibility index (Phi) is 6.04. The largest absolute Gasteiger partial charge is 0.482 e. The molecule has 7 nitrogen and oxygen atoms in total. The van der Waals surface area contributed by atoms with Gasteiger partial charge in [-0.15, -0.1) is 0 Å². The summed E-state index contributed by atoms with van der Waals surface area (Å²) >= 11 is 0. The number of hydrogen-bond acceptors (Lipinski definition) is 5. The minimum absolute atomic E-state index is 0.0891. The fourth-order valence-electron chi connectivity index (χ4n) is 4.16. The van der Waals surface area contributed by atoms with Gasteiger partial charge in [-0.25, -0.2) is 0 Å². The number of piperazine rings is 1. The van der Waals surface area contributed by atoms with Crippen LogP contribution in [0.4, 0.5) is 5.69 Å². The second kappa shape index (κ2) is 8.89. The van der Waals surface area contributed by atoms with E-state index in [2.05, 4.69) is 17.0 Å². The van der Waals surface area contributed by atoms with Gasteiger partial charge in [-0.1, -0.05) is 30.3 Å². The first kappa shape index (κ1) is 21.1. The summed E-state index contributed by atoms with van der Waals surface area (Å²) in [5, 5.41) is 0. The fraction of sp³-hybridized carbons (Fsp3) is 0.375. The number of carbonyl (C=O) groups is 3. The molecule has 1 atom stereocenters. The Morgan fingerprint density at radius 3 is 2.42 bits per heavy atom. The summed E-state index contributed by atoms with van der Waals surface area (Å²) in [7, 11) is 0. The number of Topliss-reactive ketones (excluding diaryl/α,β-unsaturated/α-hetero) is 1. The molecule has 162 valence electrons. The highest BCUT2D eigenvalue weighted by Gasteiger charge is 2.36. The molecule has 2 aromatic rings. The summed E-state index contributed by atoms with van der Waals surface area (Å²) in [6, 6.07) is 14.6. The van der Waals surface area contributed by atoms with Crippen molar-refractivity contribution in [1.82, 2.24) is 9.80 Å². The summed E-state index contributed by atoms with van der Waals surface area (Å²) in [4.78, 5) is 43.3. The van der Waals surface area contributed by atoms with Crippen molar-refractivity contribution >= 4 is 23.3 Å². The number of hydrogen-bond donors (Lipinski definition) is 0. The van der Waals surface area contributed by atoms with Crippen molar-refractivity contribution in [3.05, 3.63) is 59.7 Å². The Labute approximate surface area is 182 Å². The molecule has 0 radical (unpaired) electrons. The van der Waals surface area contributed by atoms with Gasteiger partial charge in [0.25, 0.3) is 5.91 Å². The van der Waals surface area contributed by atoms with E-state index >= 15 is 0 Å². The Morgan fingerprint density at radius 1 is 1.03 bits per heavy atom. The third-order valence-corrected chi connectivity index (χ3v) is 5.92. The van der Waals surface area contributed by atoms with Crippen LogP contribution in [0, 0.1) is 0 Å². The topological polar surface area (TPSA) is 70.2 Å². The van der Waals surface area contributed by atoms with Crippen molar-refractivity contribution in [1.29, 1.82) is 0 Å². The number of fused-ring (bicyclic) bond motifs is 1. The van der Waals surface area contributed by atoms with Gasteiger partial charge in [-0.05, 0) is 37.6 Å². The Bertz CT molecular complexity index is 984. The summed E-state index contributed by atoms with van der Waals surface area (Å²) in [6.07, 6.45) is 0. The van der Waals surface area contributed by atoms with E-state index < -0.39 is 6.04 Å². The van der Waals surface area contributed by atoms with E-state index in [0.29, 0.717) is 30.1 Å². The molecule has 2 aliphatic rings. The van der Waals surface area contributed by atoms with Gasteiger partial charge in [0.05, 0.1) is 5.69 Å². The predicted molar refractivity (Wildman–Crippen MR) is 117 cm³/mol. The number of anilines is 1. The summed E-state index contributed by atoms with van der Waals surface area (Å²) < 4.78 is 5.51. The molecule has 0 aliphatic carbocycles. The molecule has 0 saturated carbocycles. The first-order chi connectivity index (χ1) is 14.9. The minimum atomic E-state index is -0.668. The van der Waals surface area contributed by atoms with E-state index in [1.54, 1.807) is 25.1 Å². The number of amides is 2. The fourth-order valence-corrected chi connectivity index (χ4v) is 4.16. The first-order valence-electron chi connectivity index (χ1n) is 10.6. The lowest BCUT2D eigenvalue weighted by atomic mass is 10.1. The van der Waals surface area contributed by atoms with Crippen LogP contribution in [0.25, 0.3) is 0 Å². The lowest BCUT2D eigenvalue weighted by Gasteiger charge is -2.39. The van der Waals surface area contributed by atoms with Crippen molar-refractivity contribution in [2.45, 2.75) is 26.4 Å². The molecule has 2 aromatic carbocycles. The molecule has 0 spiro atoms. The average molecular weight is 421 g/mol. The molecule has 31 heavy (non-hydrogen) atoms. The quantitative estimate of drug-likeness (QED) is 0.693. The normalized spacial score (nSPS) is 17.7. The zero-order valence-corrected chi connectivity index (χ0v) is 17.9. The van der Waals surface area contributed by atoms with Crippen molar-refractivity contribution in [3.63, 3.8) is 0 Å². The second-order valence-electron chi connectivity index (χ2n) is 8.05. The number of benzene rings is 2. The molecule has 4 rings (SSSR count). The third kappa shape index (κ3) is 4.46. The van der Waals surface area contributed by atoms with Gasteiger partial charge >= 0.3 is 0 Å². The Morgan fingerprint density at radius 2 is 1.74 bits per heavy atom. The van der Waals surface area contributed by atoms with Crippen LogP contribution in [0.1, 0.15) is 29.8 Å². The van der Waals surface area contributed by atoms with Crippen molar-refractivity contribution < 1.29 is 19.1 Å². The van der Waals surface area contributed by atoms with E-state index in [4.69, 9.17) is 4.74 Å². The molecule has 0 N–H and O–H groups in total. The zero-order valence-electron chi connectivity index (χ0n) is 17.9. The molecule has 0 bridgehead atoms. The van der Waals surface area contributed by atoms with Gasteiger partial charge in [-0.3, -0.25) is 24.2 Å². The molecule has 1 saturated heterocycles. The molecule has 2 heterocycles. The van der Waals surface area contributed by atoms with Gasteiger partial charge in [0, 0.05) is 38.3 Å². The van der Waals surface area contributed by atoms with Crippen LogP contribution in [0.2, 0.25) is 0 Å². The monoisotopic (exact) mass is 421 g/mol. The van der Waals surface area contributed by atoms with Crippen LogP contribution >= 0.6 is 0 Å². The van der Waals surface area contributed by atoms with Gasteiger partial charge in [0.15, 0.2) is 12.4 Å². The van der Waals surface area contributed by atoms with E-state index in [-0.39, 0.29) is 24.2 Å². The lowest BCUT2D eigenvalue weighted by molar-refractivity contribution is -0.136. The van der Waals surface area contributed by atoms with Crippen LogP contribution < -0.4 is 9.64 Å². The number of ether oxygens (including phenoxy) is 1. The van der Waals surface area contributed by atoms with Crippen LogP contribution in [0.15, 0.2) is 48.5 Å². The van der Waals surface area contributed by atoms with E-state index in [9.17, 15) is 14.4 Å². The lowest BCUT2D eigenvalue weighted by Crippen LogP contribution is -2.56. The highest BCUT2D eigenvalue weighted by atomic mass is 16.5. The van der Waals surface area contributed by atoms with Crippen molar-refractivity contribution in [2.75, 3.05) is 37.7 Å². The third-order valence-electron chi connectivity index (χ3n) is 5.92. The number of rotatable bonds is 5. The zero-order chi connectivity index (χ0) is 22.0. The molecule has 7 heteroatoms. The smallest absolute Gasteiger partial charge is 0.265 e. The SMILES string of the molecule is CC(=O)c1ccc2c(c1)N(C(C)C(=O)N1CCN(Cc3ccccc3)CC1)C(=O)CO2. The van der Waals surface area contributed by atoms with Crippen molar-refractivity contribution in [3.8, 4) is 5.75 Å². The predicted octanol–water partition coefficient (Wildman–Crippen LogP) is 2.35. The average Bonchev–Trinajstić information content (AvgIpc) is 2.79. The second-order valence-corrected chi connectivity index (χ2v) is 8.05. The van der Waals surface area contributed by atoms with Gasteiger partial charge in [0.1, 0.15) is 11.8 Å². The van der Waals surface area contributed by atoms with Gasteiger partial charge in [0.2, 0.25) is 5.91 Å². The molecule has 1 fully saturated rings. The molecule has 2 aliphatic heterocycles. The van der Waals surface area contributed by atoms with Crippen LogP contribution in [0.3, 0.4) is 0 Å². The number of ketones is 1. The van der Waals surface area contributed by atoms with E-state index in [0.717, 1.165) is 19.6 Å². The van der Waals surface area contributed by atoms with Crippen LogP contribution in [-0.2, 0) is 16.1 Å². The summed E-state index contributed by atoms with van der Waals surface area (Å²) in [5.41, 5.74) is 2.22. The molecular formula is C24H27N3O4. The van der Waals surface area contributed by atoms with Crippen LogP contribution in [-0.4, -0.2) is 66.2 Å². The summed E-state index contributed by atoms with van der Waals surface area (Å²) in [6.45, 7) is 6.78. The molecular weight excluding hydrogens is 394 g/mol. The maximum atomic E-state index is 13.2. The highest BCUT2D eigenvalue weighted by molar-refractivity contribution is 6.05. The number of carbonyl (C=O) groups excluding carboxylic acids is 3. The molecule has 1 unspecified atom stereocenters. The van der Waals surface area contributed by atoms with E-state index in [1.165, 1.54) is 17.4 Å².